The summed E-state index contributed by atoms with van der Waals surface area (Å²) in [6, 6.07) is 1.42. The summed E-state index contributed by atoms with van der Waals surface area (Å²) in [6.07, 6.45) is 0. The van der Waals surface area contributed by atoms with E-state index in [1.165, 1.54) is 6.07 Å². The van der Waals surface area contributed by atoms with Gasteiger partial charge in [-0.1, -0.05) is 20.8 Å². The zero-order valence-corrected chi connectivity index (χ0v) is 11.3. The highest BCUT2D eigenvalue weighted by atomic mass is 32.2. The number of H-pyrrole nitrogens is 1. The number of aromatic amines is 1. The summed E-state index contributed by atoms with van der Waals surface area (Å²) in [6.45, 7) is 6.38. The van der Waals surface area contributed by atoms with Gasteiger partial charge in [0.2, 0.25) is 0 Å². The number of hydrogen-bond donors (Lipinski definition) is 2. The van der Waals surface area contributed by atoms with Crippen LogP contribution >= 0.6 is 0 Å². The number of nitrogens with zero attached hydrogens (tertiary/aromatic N) is 1. The van der Waals surface area contributed by atoms with Crippen molar-refractivity contribution in [3.05, 3.63) is 22.2 Å². The Morgan fingerprint density at radius 3 is 2.82 bits per heavy atom. The number of anilines is 1. The number of hydrogen-bond acceptors (Lipinski definition) is 4. The Bertz CT molecular complexity index is 443. The summed E-state index contributed by atoms with van der Waals surface area (Å²) in [5, 5.41) is 3.02. The molecule has 0 aromatic carbocycles. The highest BCUT2D eigenvalue weighted by Crippen LogP contribution is 2.08. The highest BCUT2D eigenvalue weighted by molar-refractivity contribution is 7.84. The Hall–Kier alpha value is -1.17. The van der Waals surface area contributed by atoms with E-state index >= 15 is 0 Å². The lowest BCUT2D eigenvalue weighted by molar-refractivity contribution is 0.684. The topological polar surface area (TPSA) is 74.8 Å². The normalized spacial score (nSPS) is 12.7. The van der Waals surface area contributed by atoms with Crippen molar-refractivity contribution >= 4 is 16.6 Å². The van der Waals surface area contributed by atoms with Crippen molar-refractivity contribution in [3.63, 3.8) is 0 Å². The molecule has 0 fully saturated rings. The van der Waals surface area contributed by atoms with Crippen LogP contribution in [0.25, 0.3) is 0 Å². The van der Waals surface area contributed by atoms with Crippen molar-refractivity contribution in [2.45, 2.75) is 26.7 Å². The first kappa shape index (κ1) is 13.9. The average molecular weight is 257 g/mol. The van der Waals surface area contributed by atoms with Gasteiger partial charge < -0.3 is 10.3 Å². The van der Waals surface area contributed by atoms with Gasteiger partial charge in [-0.25, -0.2) is 4.98 Å². The first-order valence-electron chi connectivity index (χ1n) is 5.73. The third-order valence-corrected chi connectivity index (χ3v) is 3.57. The van der Waals surface area contributed by atoms with Gasteiger partial charge in [0, 0.05) is 40.8 Å². The smallest absolute Gasteiger partial charge is 0.252 e. The van der Waals surface area contributed by atoms with Crippen molar-refractivity contribution in [1.29, 1.82) is 0 Å². The zero-order chi connectivity index (χ0) is 12.8. The monoisotopic (exact) mass is 257 g/mol. The van der Waals surface area contributed by atoms with Crippen molar-refractivity contribution in [3.8, 4) is 0 Å². The molecule has 2 N–H and O–H groups in total. The molecule has 6 heteroatoms. The fourth-order valence-electron chi connectivity index (χ4n) is 1.28. The van der Waals surface area contributed by atoms with E-state index in [1.807, 2.05) is 20.8 Å². The predicted molar refractivity (Wildman–Crippen MR) is 71.0 cm³/mol. The van der Waals surface area contributed by atoms with Gasteiger partial charge in [-0.2, -0.15) is 0 Å². The Kier molecular flexibility index (Phi) is 5.34. The van der Waals surface area contributed by atoms with Crippen LogP contribution in [-0.4, -0.2) is 32.2 Å². The molecule has 1 unspecified atom stereocenters. The van der Waals surface area contributed by atoms with Gasteiger partial charge in [-0.15, -0.1) is 0 Å². The first-order chi connectivity index (χ1) is 8.02. The lowest BCUT2D eigenvalue weighted by atomic mass is 10.2. The van der Waals surface area contributed by atoms with E-state index in [-0.39, 0.29) is 11.5 Å². The molecule has 0 aliphatic rings. The second kappa shape index (κ2) is 6.54. The minimum Gasteiger partial charge on any atom is -0.369 e. The van der Waals surface area contributed by atoms with Crippen LogP contribution in [0.1, 0.15) is 32.5 Å². The van der Waals surface area contributed by atoms with E-state index < -0.39 is 10.8 Å². The molecule has 5 nitrogen and oxygen atoms in total. The Morgan fingerprint density at radius 1 is 1.53 bits per heavy atom. The maximum Gasteiger partial charge on any atom is 0.252 e. The fraction of sp³-hybridized carbons (Fsp3) is 0.636. The summed E-state index contributed by atoms with van der Waals surface area (Å²) in [7, 11) is -0.796. The molecule has 0 bridgehead atoms. The second-order valence-electron chi connectivity index (χ2n) is 4.03. The molecular formula is C11H19N3O2S. The molecule has 0 saturated carbocycles. The lowest BCUT2D eigenvalue weighted by Gasteiger charge is -2.08. The lowest BCUT2D eigenvalue weighted by Crippen LogP contribution is -2.17. The van der Waals surface area contributed by atoms with Gasteiger partial charge in [-0.05, 0) is 0 Å². The van der Waals surface area contributed by atoms with Crippen molar-refractivity contribution in [2.24, 2.45) is 0 Å². The van der Waals surface area contributed by atoms with Crippen LogP contribution in [0.2, 0.25) is 0 Å². The molecule has 96 valence electrons. The first-order valence-corrected chi connectivity index (χ1v) is 7.21. The third-order valence-electron chi connectivity index (χ3n) is 2.26. The van der Waals surface area contributed by atoms with Crippen LogP contribution in [0.3, 0.4) is 0 Å². The number of aromatic nitrogens is 2. The molecule has 1 atom stereocenters. The third kappa shape index (κ3) is 4.68. The average Bonchev–Trinajstić information content (AvgIpc) is 2.28. The molecule has 17 heavy (non-hydrogen) atoms. The van der Waals surface area contributed by atoms with Gasteiger partial charge in [0.25, 0.3) is 5.56 Å². The maximum absolute atomic E-state index is 11.4. The van der Waals surface area contributed by atoms with Gasteiger partial charge in [0.15, 0.2) is 0 Å². The molecular weight excluding hydrogens is 238 g/mol. The summed E-state index contributed by atoms with van der Waals surface area (Å²) in [5.41, 5.74) is -0.164. The predicted octanol–water partition coefficient (Wildman–Crippen LogP) is 1.07. The molecule has 1 rings (SSSR count). The van der Waals surface area contributed by atoms with E-state index in [4.69, 9.17) is 0 Å². The van der Waals surface area contributed by atoms with Crippen LogP contribution in [0, 0.1) is 0 Å². The number of rotatable bonds is 6. The standard InChI is InChI=1S/C11H19N3O2S/c1-4-17(16)6-5-12-9-7-10(15)14-11(13-9)8(2)3/h7-8H,4-6H2,1-3H3,(H2,12,13,14,15). The minimum atomic E-state index is -0.796. The molecule has 0 radical (unpaired) electrons. The molecule has 1 heterocycles. The largest absolute Gasteiger partial charge is 0.369 e. The molecule has 1 aromatic rings. The van der Waals surface area contributed by atoms with E-state index in [2.05, 4.69) is 15.3 Å². The summed E-state index contributed by atoms with van der Waals surface area (Å²) in [4.78, 5) is 18.4. The maximum atomic E-state index is 11.4. The Morgan fingerprint density at radius 2 is 2.24 bits per heavy atom. The van der Waals surface area contributed by atoms with E-state index in [0.717, 1.165) is 0 Å². The molecule has 0 aliphatic heterocycles. The van der Waals surface area contributed by atoms with Gasteiger partial charge in [0.1, 0.15) is 11.6 Å². The minimum absolute atomic E-state index is 0.164. The molecule has 1 aromatic heterocycles. The summed E-state index contributed by atoms with van der Waals surface area (Å²) >= 11 is 0. The van der Waals surface area contributed by atoms with Gasteiger partial charge in [0.05, 0.1) is 0 Å². The van der Waals surface area contributed by atoms with E-state index in [1.54, 1.807) is 0 Å². The Labute approximate surface area is 104 Å². The van der Waals surface area contributed by atoms with Crippen molar-refractivity contribution in [2.75, 3.05) is 23.4 Å². The van der Waals surface area contributed by atoms with Crippen LogP contribution in [0.4, 0.5) is 5.82 Å². The fourth-order valence-corrected chi connectivity index (χ4v) is 1.90. The zero-order valence-electron chi connectivity index (χ0n) is 10.4. The molecule has 0 spiro atoms. The van der Waals surface area contributed by atoms with Crippen molar-refractivity contribution < 1.29 is 4.21 Å². The highest BCUT2D eigenvalue weighted by Gasteiger charge is 2.05. The van der Waals surface area contributed by atoms with Crippen molar-refractivity contribution in [1.82, 2.24) is 9.97 Å². The van der Waals surface area contributed by atoms with Crippen LogP contribution in [0.5, 0.6) is 0 Å². The number of nitrogens with one attached hydrogen (secondary N) is 2. The molecule has 0 amide bonds. The summed E-state index contributed by atoms with van der Waals surface area (Å²) in [5.74, 6) is 2.61. The van der Waals surface area contributed by atoms with Crippen LogP contribution in [-0.2, 0) is 10.8 Å². The van der Waals surface area contributed by atoms with Crippen LogP contribution < -0.4 is 10.9 Å². The molecule has 0 aliphatic carbocycles. The van der Waals surface area contributed by atoms with Gasteiger partial charge in [-0.3, -0.25) is 9.00 Å². The Balaban J connectivity index is 2.65. The quantitative estimate of drug-likeness (QED) is 0.799. The van der Waals surface area contributed by atoms with Crippen LogP contribution in [0.15, 0.2) is 10.9 Å². The SMILES string of the molecule is CCS(=O)CCNc1cc(=O)[nH]c(C(C)C)n1. The van der Waals surface area contributed by atoms with Gasteiger partial charge >= 0.3 is 0 Å². The van der Waals surface area contributed by atoms with E-state index in [9.17, 15) is 9.00 Å². The summed E-state index contributed by atoms with van der Waals surface area (Å²) < 4.78 is 11.2. The second-order valence-corrected chi connectivity index (χ2v) is 5.90. The molecule has 0 saturated heterocycles. The van der Waals surface area contributed by atoms with E-state index in [0.29, 0.717) is 29.7 Å².